The summed E-state index contributed by atoms with van der Waals surface area (Å²) >= 11 is 3.46. The molecule has 3 rings (SSSR count). The predicted molar refractivity (Wildman–Crippen MR) is 110 cm³/mol. The van der Waals surface area contributed by atoms with Crippen molar-refractivity contribution in [1.29, 1.82) is 0 Å². The van der Waals surface area contributed by atoms with Gasteiger partial charge in [-0.1, -0.05) is 42.5 Å². The Balaban J connectivity index is 1.92. The highest BCUT2D eigenvalue weighted by Crippen LogP contribution is 2.33. The standard InChI is InChI=1S/C22H22BrNO3/c1-22(2,3)27-21(25)24-14-17(23)13-19(24)18-11-7-8-12-20(18)26-15-16-9-5-4-6-10-16/h4-14H,15H2,1-3H3. The fourth-order valence-electron chi connectivity index (χ4n) is 2.64. The summed E-state index contributed by atoms with van der Waals surface area (Å²) in [6.45, 7) is 5.99. The number of carbonyl (C=O) groups is 1. The third-order valence-corrected chi connectivity index (χ3v) is 4.21. The second-order valence-corrected chi connectivity index (χ2v) is 8.08. The smallest absolute Gasteiger partial charge is 0.419 e. The average molecular weight is 428 g/mol. The van der Waals surface area contributed by atoms with E-state index >= 15 is 0 Å². The molecule has 0 radical (unpaired) electrons. The molecule has 2 aromatic carbocycles. The summed E-state index contributed by atoms with van der Waals surface area (Å²) in [5.74, 6) is 0.705. The van der Waals surface area contributed by atoms with Gasteiger partial charge in [-0.2, -0.15) is 0 Å². The highest BCUT2D eigenvalue weighted by atomic mass is 79.9. The summed E-state index contributed by atoms with van der Waals surface area (Å²) in [5.41, 5.74) is 2.04. The highest BCUT2D eigenvalue weighted by Gasteiger charge is 2.22. The van der Waals surface area contributed by atoms with Crippen LogP contribution in [0.25, 0.3) is 11.3 Å². The molecule has 0 aliphatic heterocycles. The van der Waals surface area contributed by atoms with Crippen LogP contribution in [0.4, 0.5) is 4.79 Å². The summed E-state index contributed by atoms with van der Waals surface area (Å²) in [4.78, 5) is 12.6. The van der Waals surface area contributed by atoms with E-state index in [1.54, 1.807) is 6.20 Å². The van der Waals surface area contributed by atoms with Crippen LogP contribution in [-0.2, 0) is 11.3 Å². The maximum Gasteiger partial charge on any atom is 0.419 e. The van der Waals surface area contributed by atoms with E-state index in [4.69, 9.17) is 9.47 Å². The van der Waals surface area contributed by atoms with Gasteiger partial charge in [-0.15, -0.1) is 0 Å². The molecule has 0 saturated heterocycles. The lowest BCUT2D eigenvalue weighted by Gasteiger charge is -2.21. The first-order valence-corrected chi connectivity index (χ1v) is 9.50. The number of ether oxygens (including phenoxy) is 2. The zero-order valence-corrected chi connectivity index (χ0v) is 17.2. The Kier molecular flexibility index (Phi) is 5.71. The van der Waals surface area contributed by atoms with Crippen LogP contribution < -0.4 is 4.74 Å². The van der Waals surface area contributed by atoms with Gasteiger partial charge in [0, 0.05) is 16.2 Å². The molecule has 0 aliphatic carbocycles. The van der Waals surface area contributed by atoms with Crippen LogP contribution >= 0.6 is 15.9 Å². The second-order valence-electron chi connectivity index (χ2n) is 7.16. The first-order valence-electron chi connectivity index (χ1n) is 8.71. The molecule has 0 fully saturated rings. The van der Waals surface area contributed by atoms with Crippen molar-refractivity contribution in [3.8, 4) is 17.0 Å². The number of carbonyl (C=O) groups excluding carboxylic acids is 1. The molecule has 3 aromatic rings. The minimum atomic E-state index is -0.575. The maximum absolute atomic E-state index is 12.6. The first-order chi connectivity index (χ1) is 12.8. The minimum absolute atomic E-state index is 0.430. The van der Waals surface area contributed by atoms with Crippen molar-refractivity contribution in [2.24, 2.45) is 0 Å². The molecule has 5 heteroatoms. The van der Waals surface area contributed by atoms with Crippen molar-refractivity contribution in [1.82, 2.24) is 4.57 Å². The number of hydrogen-bond acceptors (Lipinski definition) is 3. The molecular formula is C22H22BrNO3. The van der Waals surface area contributed by atoms with Crippen molar-refractivity contribution in [3.63, 3.8) is 0 Å². The molecular weight excluding hydrogens is 406 g/mol. The lowest BCUT2D eigenvalue weighted by atomic mass is 10.1. The van der Waals surface area contributed by atoms with Gasteiger partial charge in [0.25, 0.3) is 0 Å². The molecule has 0 aliphatic rings. The molecule has 0 bridgehead atoms. The van der Waals surface area contributed by atoms with Gasteiger partial charge in [-0.05, 0) is 60.5 Å². The second kappa shape index (κ2) is 8.01. The molecule has 0 spiro atoms. The van der Waals surface area contributed by atoms with Gasteiger partial charge in [0.05, 0.1) is 5.69 Å². The van der Waals surface area contributed by atoms with E-state index < -0.39 is 11.7 Å². The van der Waals surface area contributed by atoms with E-state index in [0.717, 1.165) is 15.6 Å². The van der Waals surface area contributed by atoms with Gasteiger partial charge >= 0.3 is 6.09 Å². The van der Waals surface area contributed by atoms with Gasteiger partial charge in [0.1, 0.15) is 18.0 Å². The molecule has 4 nitrogen and oxygen atoms in total. The number of nitrogens with zero attached hydrogens (tertiary/aromatic N) is 1. The third-order valence-electron chi connectivity index (χ3n) is 3.78. The van der Waals surface area contributed by atoms with E-state index in [9.17, 15) is 4.79 Å². The van der Waals surface area contributed by atoms with Crippen molar-refractivity contribution in [2.45, 2.75) is 33.0 Å². The summed E-state index contributed by atoms with van der Waals surface area (Å²) in [5, 5.41) is 0. The quantitative estimate of drug-likeness (QED) is 0.491. The monoisotopic (exact) mass is 427 g/mol. The lowest BCUT2D eigenvalue weighted by Crippen LogP contribution is -2.27. The topological polar surface area (TPSA) is 40.5 Å². The number of benzene rings is 2. The number of hydrogen-bond donors (Lipinski definition) is 0. The van der Waals surface area contributed by atoms with Crippen LogP contribution in [0.15, 0.2) is 71.3 Å². The zero-order chi connectivity index (χ0) is 19.4. The largest absolute Gasteiger partial charge is 0.488 e. The molecule has 0 atom stereocenters. The Labute approximate surface area is 167 Å². The molecule has 0 amide bonds. The van der Waals surface area contributed by atoms with E-state index in [0.29, 0.717) is 18.1 Å². The SMILES string of the molecule is CC(C)(C)OC(=O)n1cc(Br)cc1-c1ccccc1OCc1ccccc1. The van der Waals surface area contributed by atoms with Gasteiger partial charge < -0.3 is 9.47 Å². The third kappa shape index (κ3) is 5.01. The lowest BCUT2D eigenvalue weighted by molar-refractivity contribution is 0.0540. The Morgan fingerprint density at radius 2 is 1.70 bits per heavy atom. The Morgan fingerprint density at radius 3 is 2.41 bits per heavy atom. The first kappa shape index (κ1) is 19.2. The average Bonchev–Trinajstić information content (AvgIpc) is 3.01. The Morgan fingerprint density at radius 1 is 1.04 bits per heavy atom. The molecule has 0 unspecified atom stereocenters. The van der Waals surface area contributed by atoms with Crippen LogP contribution in [0, 0.1) is 0 Å². The van der Waals surface area contributed by atoms with Crippen LogP contribution in [0.3, 0.4) is 0 Å². The molecule has 0 N–H and O–H groups in total. The van der Waals surface area contributed by atoms with Crippen molar-refractivity contribution < 1.29 is 14.3 Å². The van der Waals surface area contributed by atoms with E-state index in [-0.39, 0.29) is 0 Å². The van der Waals surface area contributed by atoms with Crippen molar-refractivity contribution in [3.05, 3.63) is 76.9 Å². The van der Waals surface area contributed by atoms with Crippen LogP contribution in [0.2, 0.25) is 0 Å². The summed E-state index contributed by atoms with van der Waals surface area (Å²) in [7, 11) is 0. The highest BCUT2D eigenvalue weighted by molar-refractivity contribution is 9.10. The van der Waals surface area contributed by atoms with E-state index in [1.807, 2.05) is 81.4 Å². The van der Waals surface area contributed by atoms with E-state index in [1.165, 1.54) is 4.57 Å². The van der Waals surface area contributed by atoms with E-state index in [2.05, 4.69) is 15.9 Å². The summed E-state index contributed by atoms with van der Waals surface area (Å²) < 4.78 is 13.9. The molecule has 27 heavy (non-hydrogen) atoms. The normalized spacial score (nSPS) is 11.3. The van der Waals surface area contributed by atoms with Gasteiger partial charge in [-0.25, -0.2) is 4.79 Å². The molecule has 140 valence electrons. The predicted octanol–water partition coefficient (Wildman–Crippen LogP) is 6.28. The number of rotatable bonds is 4. The van der Waals surface area contributed by atoms with Gasteiger partial charge in [0.15, 0.2) is 0 Å². The van der Waals surface area contributed by atoms with Crippen LogP contribution in [0.1, 0.15) is 26.3 Å². The van der Waals surface area contributed by atoms with Crippen molar-refractivity contribution >= 4 is 22.0 Å². The number of halogens is 1. The molecule has 0 saturated carbocycles. The fraction of sp³-hybridized carbons (Fsp3) is 0.227. The van der Waals surface area contributed by atoms with Crippen LogP contribution in [0.5, 0.6) is 5.75 Å². The summed E-state index contributed by atoms with van der Waals surface area (Å²) in [6, 6.07) is 19.5. The van der Waals surface area contributed by atoms with Crippen molar-refractivity contribution in [2.75, 3.05) is 0 Å². The van der Waals surface area contributed by atoms with Crippen LogP contribution in [-0.4, -0.2) is 16.3 Å². The molecule has 1 heterocycles. The van der Waals surface area contributed by atoms with Gasteiger partial charge in [-0.3, -0.25) is 4.57 Å². The zero-order valence-electron chi connectivity index (χ0n) is 15.6. The summed E-state index contributed by atoms with van der Waals surface area (Å²) in [6.07, 6.45) is 1.28. The minimum Gasteiger partial charge on any atom is -0.488 e. The Hall–Kier alpha value is -2.53. The fourth-order valence-corrected chi connectivity index (χ4v) is 3.06. The molecule has 1 aromatic heterocycles. The maximum atomic E-state index is 12.6. The Bertz CT molecular complexity index is 926. The van der Waals surface area contributed by atoms with Gasteiger partial charge in [0.2, 0.25) is 0 Å². The number of aromatic nitrogens is 1. The number of para-hydroxylation sites is 1.